The van der Waals surface area contributed by atoms with Crippen molar-refractivity contribution in [1.29, 1.82) is 0 Å². The largest absolute Gasteiger partial charge is 0.493 e. The van der Waals surface area contributed by atoms with Crippen LogP contribution in [0.2, 0.25) is 0 Å². The summed E-state index contributed by atoms with van der Waals surface area (Å²) in [5.41, 5.74) is 0.374. The van der Waals surface area contributed by atoms with E-state index in [1.165, 1.54) is 32.2 Å². The van der Waals surface area contributed by atoms with Crippen molar-refractivity contribution in [2.24, 2.45) is 0 Å². The Balaban J connectivity index is 1.68. The van der Waals surface area contributed by atoms with Gasteiger partial charge in [-0.25, -0.2) is 0 Å². The molecule has 2 aliphatic rings. The molecule has 6 N–H and O–H groups in total. The first-order valence-electron chi connectivity index (χ1n) is 9.96. The number of ketones is 1. The Morgan fingerprint density at radius 3 is 2.31 bits per heavy atom. The topological polar surface area (TPSA) is 185 Å². The Hall–Kier alpha value is -1.87. The van der Waals surface area contributed by atoms with Gasteiger partial charge in [-0.1, -0.05) is 0 Å². The molecule has 12 heteroatoms. The quantitative estimate of drug-likeness (QED) is 0.236. The third kappa shape index (κ3) is 5.20. The number of carbonyl (C=O) groups is 1. The molecule has 1 aromatic rings. The molecule has 0 unspecified atom stereocenters. The summed E-state index contributed by atoms with van der Waals surface area (Å²) in [6, 6.07) is 4.37. The Kier molecular flexibility index (Phi) is 8.03. The van der Waals surface area contributed by atoms with Crippen molar-refractivity contribution in [2.45, 2.75) is 62.2 Å². The molecule has 3 rings (SSSR count). The number of hydrogen-bond acceptors (Lipinski definition) is 12. The number of methoxy groups -OCH3 is 1. The van der Waals surface area contributed by atoms with Gasteiger partial charge in [0.2, 0.25) is 6.29 Å². The first-order valence-corrected chi connectivity index (χ1v) is 9.96. The summed E-state index contributed by atoms with van der Waals surface area (Å²) >= 11 is 0. The molecule has 2 fully saturated rings. The zero-order valence-corrected chi connectivity index (χ0v) is 17.5. The minimum Gasteiger partial charge on any atom is -0.493 e. The number of aliphatic hydroxyl groups is 6. The number of aliphatic hydroxyl groups excluding tert-OH is 6. The van der Waals surface area contributed by atoms with Gasteiger partial charge in [-0.2, -0.15) is 0 Å². The predicted octanol–water partition coefficient (Wildman–Crippen LogP) is -2.46. The summed E-state index contributed by atoms with van der Waals surface area (Å²) in [6.45, 7) is 0.703. The van der Waals surface area contributed by atoms with Crippen molar-refractivity contribution >= 4 is 5.78 Å². The first kappa shape index (κ1) is 24.8. The normalized spacial score (nSPS) is 37.7. The number of hydrogen-bond donors (Lipinski definition) is 6. The van der Waals surface area contributed by atoms with Crippen molar-refractivity contribution in [3.63, 3.8) is 0 Å². The van der Waals surface area contributed by atoms with Gasteiger partial charge in [0, 0.05) is 5.56 Å². The van der Waals surface area contributed by atoms with Crippen LogP contribution in [-0.4, -0.2) is 112 Å². The van der Waals surface area contributed by atoms with Crippen LogP contribution in [0.3, 0.4) is 0 Å². The molecule has 180 valence electrons. The zero-order chi connectivity index (χ0) is 23.6. The molecule has 0 aromatic heterocycles. The molecule has 12 nitrogen and oxygen atoms in total. The fourth-order valence-corrected chi connectivity index (χ4v) is 3.38. The Labute approximate surface area is 183 Å². The van der Waals surface area contributed by atoms with Gasteiger partial charge in [0.1, 0.15) is 42.7 Å². The van der Waals surface area contributed by atoms with Crippen molar-refractivity contribution in [3.05, 3.63) is 23.8 Å². The van der Waals surface area contributed by atoms with E-state index in [2.05, 4.69) is 0 Å². The lowest BCUT2D eigenvalue weighted by Crippen LogP contribution is -2.61. The summed E-state index contributed by atoms with van der Waals surface area (Å²) < 4.78 is 26.9. The molecular weight excluding hydrogens is 432 g/mol. The maximum atomic E-state index is 11.6. The standard InChI is InChI=1S/C20H28O12/c1-8(21)9-3-4-11(12(5-9)28-2)31-20-18(27)16(25)15(24)13(32-20)7-30-19-17(26)14(23)10(22)6-29-19/h3-5,10,13-20,22-27H,6-7H2,1-2H3/t10-,13-,14+,15-,16+,17-,18-,19+,20-/m1/s1. The lowest BCUT2D eigenvalue weighted by molar-refractivity contribution is -0.307. The van der Waals surface area contributed by atoms with Crippen LogP contribution >= 0.6 is 0 Å². The molecule has 0 spiro atoms. The number of benzene rings is 1. The van der Waals surface area contributed by atoms with Gasteiger partial charge in [0.15, 0.2) is 23.6 Å². The maximum absolute atomic E-state index is 11.6. The molecule has 2 heterocycles. The van der Waals surface area contributed by atoms with E-state index in [1.54, 1.807) is 0 Å². The molecule has 1 aromatic carbocycles. The van der Waals surface area contributed by atoms with Crippen LogP contribution in [0.5, 0.6) is 11.5 Å². The zero-order valence-electron chi connectivity index (χ0n) is 17.5. The molecule has 0 saturated carbocycles. The number of carbonyl (C=O) groups excluding carboxylic acids is 1. The average molecular weight is 460 g/mol. The van der Waals surface area contributed by atoms with Crippen molar-refractivity contribution < 1.29 is 59.1 Å². The highest BCUT2D eigenvalue weighted by Gasteiger charge is 2.46. The molecule has 2 aliphatic heterocycles. The van der Waals surface area contributed by atoms with E-state index in [0.717, 1.165) is 0 Å². The van der Waals surface area contributed by atoms with E-state index in [0.29, 0.717) is 5.56 Å². The van der Waals surface area contributed by atoms with Gasteiger partial charge in [-0.15, -0.1) is 0 Å². The van der Waals surface area contributed by atoms with Crippen molar-refractivity contribution in [1.82, 2.24) is 0 Å². The average Bonchev–Trinajstić information content (AvgIpc) is 2.78. The van der Waals surface area contributed by atoms with Crippen molar-refractivity contribution in [3.8, 4) is 11.5 Å². The third-order valence-corrected chi connectivity index (χ3v) is 5.36. The highest BCUT2D eigenvalue weighted by atomic mass is 16.7. The summed E-state index contributed by atoms with van der Waals surface area (Å²) in [4.78, 5) is 11.6. The van der Waals surface area contributed by atoms with E-state index in [4.69, 9.17) is 23.7 Å². The van der Waals surface area contributed by atoms with E-state index in [1.807, 2.05) is 0 Å². The lowest BCUT2D eigenvalue weighted by atomic mass is 9.99. The van der Waals surface area contributed by atoms with Crippen LogP contribution in [0.4, 0.5) is 0 Å². The Morgan fingerprint density at radius 1 is 0.969 bits per heavy atom. The minimum atomic E-state index is -1.66. The van der Waals surface area contributed by atoms with Crippen LogP contribution in [0.15, 0.2) is 18.2 Å². The second kappa shape index (κ2) is 10.4. The van der Waals surface area contributed by atoms with Crippen LogP contribution < -0.4 is 9.47 Å². The predicted molar refractivity (Wildman–Crippen MR) is 104 cm³/mol. The summed E-state index contributed by atoms with van der Waals surface area (Å²) in [5.74, 6) is 0.116. The summed E-state index contributed by atoms with van der Waals surface area (Å²) in [6.07, 6.45) is -13.1. The first-order chi connectivity index (χ1) is 15.1. The minimum absolute atomic E-state index is 0.118. The summed E-state index contributed by atoms with van der Waals surface area (Å²) in [5, 5.41) is 59.9. The van der Waals surface area contributed by atoms with Crippen LogP contribution in [0.25, 0.3) is 0 Å². The second-order valence-electron chi connectivity index (χ2n) is 7.64. The molecule has 0 aliphatic carbocycles. The third-order valence-electron chi connectivity index (χ3n) is 5.36. The Bertz CT molecular complexity index is 788. The lowest BCUT2D eigenvalue weighted by Gasteiger charge is -2.41. The van der Waals surface area contributed by atoms with Gasteiger partial charge in [-0.3, -0.25) is 4.79 Å². The molecule has 32 heavy (non-hydrogen) atoms. The maximum Gasteiger partial charge on any atom is 0.229 e. The van der Waals surface area contributed by atoms with Crippen molar-refractivity contribution in [2.75, 3.05) is 20.3 Å². The molecule has 0 radical (unpaired) electrons. The van der Waals surface area contributed by atoms with Crippen LogP contribution in [-0.2, 0) is 14.2 Å². The highest BCUT2D eigenvalue weighted by Crippen LogP contribution is 2.32. The second-order valence-corrected chi connectivity index (χ2v) is 7.64. The summed E-state index contributed by atoms with van der Waals surface area (Å²) in [7, 11) is 1.36. The smallest absolute Gasteiger partial charge is 0.229 e. The fourth-order valence-electron chi connectivity index (χ4n) is 3.38. The van der Waals surface area contributed by atoms with Gasteiger partial charge < -0.3 is 54.3 Å². The van der Waals surface area contributed by atoms with Gasteiger partial charge >= 0.3 is 0 Å². The van der Waals surface area contributed by atoms with Crippen LogP contribution in [0.1, 0.15) is 17.3 Å². The van der Waals surface area contributed by atoms with Gasteiger partial charge in [-0.05, 0) is 25.1 Å². The highest BCUT2D eigenvalue weighted by molar-refractivity contribution is 5.94. The number of rotatable bonds is 7. The monoisotopic (exact) mass is 460 g/mol. The van der Waals surface area contributed by atoms with E-state index < -0.39 is 61.9 Å². The van der Waals surface area contributed by atoms with Gasteiger partial charge in [0.05, 0.1) is 20.3 Å². The number of Topliss-reactive ketones (excluding diaryl/α,β-unsaturated/α-hetero) is 1. The Morgan fingerprint density at radius 2 is 1.66 bits per heavy atom. The van der Waals surface area contributed by atoms with E-state index in [9.17, 15) is 35.4 Å². The molecular formula is C20H28O12. The molecule has 2 saturated heterocycles. The SMILES string of the molecule is COc1cc(C(C)=O)ccc1O[C@@H]1O[C@H](CO[C@@H]2OC[C@@H](O)[C@H](O)[C@H]2O)[C@@H](O)[C@H](O)[C@H]1O. The van der Waals surface area contributed by atoms with Gasteiger partial charge in [0.25, 0.3) is 0 Å². The van der Waals surface area contributed by atoms with E-state index >= 15 is 0 Å². The molecule has 0 bridgehead atoms. The van der Waals surface area contributed by atoms with E-state index in [-0.39, 0.29) is 23.9 Å². The van der Waals surface area contributed by atoms with Crippen LogP contribution in [0, 0.1) is 0 Å². The molecule has 0 amide bonds. The fraction of sp³-hybridized carbons (Fsp3) is 0.650. The number of ether oxygens (including phenoxy) is 5. The molecule has 9 atom stereocenters.